The Balaban J connectivity index is 0. The van der Waals surface area contributed by atoms with Crippen molar-refractivity contribution in [3.05, 3.63) is 0 Å². The molecule has 0 saturated carbocycles. The number of rotatable bonds is 0. The molecule has 0 amide bonds. The Morgan fingerprint density at radius 3 is 2.00 bits per heavy atom. The number of hydrogen-bond donors (Lipinski definition) is 3. The fourth-order valence-electron chi connectivity index (χ4n) is 0. The third kappa shape index (κ3) is 38.0. The van der Waals surface area contributed by atoms with Crippen molar-refractivity contribution < 1.29 is 9.90 Å². The highest BCUT2D eigenvalue weighted by Crippen LogP contribution is 1.42. The van der Waals surface area contributed by atoms with Crippen molar-refractivity contribution in [2.45, 2.75) is 6.92 Å². The molecule has 0 aliphatic heterocycles. The van der Waals surface area contributed by atoms with Gasteiger partial charge in [-0.05, 0) is 0 Å². The van der Waals surface area contributed by atoms with Gasteiger partial charge in [0.25, 0.3) is 5.97 Å². The SMILES string of the molecule is CC(=O)O.N=[13CH]N. The van der Waals surface area contributed by atoms with Crippen molar-refractivity contribution >= 4 is 12.3 Å². The van der Waals surface area contributed by atoms with Gasteiger partial charge in [0, 0.05) is 6.92 Å². The van der Waals surface area contributed by atoms with Crippen LogP contribution in [0.1, 0.15) is 6.92 Å². The molecule has 0 atom stereocenters. The van der Waals surface area contributed by atoms with Crippen LogP contribution in [-0.2, 0) is 4.79 Å². The lowest BCUT2D eigenvalue weighted by Crippen LogP contribution is -1.81. The summed E-state index contributed by atoms with van der Waals surface area (Å²) in [4.78, 5) is 9.00. The summed E-state index contributed by atoms with van der Waals surface area (Å²) in [7, 11) is 0. The van der Waals surface area contributed by atoms with Gasteiger partial charge in [-0.15, -0.1) is 0 Å². The molecule has 0 aliphatic rings. The van der Waals surface area contributed by atoms with Crippen molar-refractivity contribution in [1.29, 1.82) is 5.41 Å². The molecule has 7 heavy (non-hydrogen) atoms. The second-order valence-electron chi connectivity index (χ2n) is 0.686. The van der Waals surface area contributed by atoms with E-state index in [-0.39, 0.29) is 0 Å². The monoisotopic (exact) mass is 105 g/mol. The van der Waals surface area contributed by atoms with Crippen LogP contribution in [0.3, 0.4) is 0 Å². The first-order valence-electron chi connectivity index (χ1n) is 1.55. The highest BCUT2D eigenvalue weighted by molar-refractivity contribution is 5.62. The lowest BCUT2D eigenvalue weighted by Gasteiger charge is -1.59. The lowest BCUT2D eigenvalue weighted by atomic mass is 10.9. The van der Waals surface area contributed by atoms with E-state index in [1.165, 1.54) is 0 Å². The molecule has 0 rings (SSSR count). The molecule has 0 spiro atoms. The van der Waals surface area contributed by atoms with Crippen LogP contribution in [0.25, 0.3) is 0 Å². The van der Waals surface area contributed by atoms with E-state index >= 15 is 0 Å². The van der Waals surface area contributed by atoms with Crippen LogP contribution in [0.15, 0.2) is 0 Å². The van der Waals surface area contributed by atoms with Crippen molar-refractivity contribution in [2.24, 2.45) is 5.73 Å². The van der Waals surface area contributed by atoms with E-state index in [1.807, 2.05) is 0 Å². The first-order valence-corrected chi connectivity index (χ1v) is 1.55. The molecule has 0 aromatic rings. The predicted molar refractivity (Wildman–Crippen MR) is 26.3 cm³/mol. The highest BCUT2D eigenvalue weighted by atomic mass is 16.4. The van der Waals surface area contributed by atoms with E-state index in [0.717, 1.165) is 13.3 Å². The van der Waals surface area contributed by atoms with E-state index < -0.39 is 5.97 Å². The molecule has 0 unspecified atom stereocenters. The van der Waals surface area contributed by atoms with Crippen LogP contribution in [0.5, 0.6) is 0 Å². The van der Waals surface area contributed by atoms with E-state index in [4.69, 9.17) is 15.3 Å². The molecular formula is C3H8N2O2. The Bertz CT molecular complexity index is 58.0. The summed E-state index contributed by atoms with van der Waals surface area (Å²) in [5.41, 5.74) is 4.39. The summed E-state index contributed by atoms with van der Waals surface area (Å²) >= 11 is 0. The smallest absolute Gasteiger partial charge is 0.300 e. The highest BCUT2D eigenvalue weighted by Gasteiger charge is 1.65. The third-order valence-corrected chi connectivity index (χ3v) is 0. The molecule has 4 heteroatoms. The van der Waals surface area contributed by atoms with Gasteiger partial charge in [0.05, 0.1) is 6.34 Å². The van der Waals surface area contributed by atoms with Crippen LogP contribution >= 0.6 is 0 Å². The van der Waals surface area contributed by atoms with E-state index in [0.29, 0.717) is 0 Å². The fourth-order valence-corrected chi connectivity index (χ4v) is 0. The summed E-state index contributed by atoms with van der Waals surface area (Å²) in [5, 5.41) is 13.3. The Hall–Kier alpha value is -1.06. The fraction of sp³-hybridized carbons (Fsp3) is 0.333. The van der Waals surface area contributed by atoms with Gasteiger partial charge < -0.3 is 10.8 Å². The molecule has 0 fully saturated rings. The summed E-state index contributed by atoms with van der Waals surface area (Å²) in [6.45, 7) is 1.08. The van der Waals surface area contributed by atoms with Gasteiger partial charge in [0.15, 0.2) is 0 Å². The second kappa shape index (κ2) is 8.87. The minimum Gasteiger partial charge on any atom is -0.481 e. The molecule has 0 aliphatic carbocycles. The average molecular weight is 105 g/mol. The van der Waals surface area contributed by atoms with Crippen LogP contribution in [0.2, 0.25) is 0 Å². The molecule has 0 heterocycles. The summed E-state index contributed by atoms with van der Waals surface area (Å²) in [6.07, 6.45) is 0.750. The first kappa shape index (κ1) is 9.34. The zero-order valence-electron chi connectivity index (χ0n) is 4.01. The third-order valence-electron chi connectivity index (χ3n) is 0. The summed E-state index contributed by atoms with van der Waals surface area (Å²) in [5.74, 6) is -0.833. The van der Waals surface area contributed by atoms with Gasteiger partial charge in [0.2, 0.25) is 0 Å². The summed E-state index contributed by atoms with van der Waals surface area (Å²) < 4.78 is 0. The quantitative estimate of drug-likeness (QED) is 0.223. The largest absolute Gasteiger partial charge is 0.481 e. The van der Waals surface area contributed by atoms with E-state index in [9.17, 15) is 0 Å². The van der Waals surface area contributed by atoms with E-state index in [1.54, 1.807) is 0 Å². The van der Waals surface area contributed by atoms with E-state index in [2.05, 4.69) is 5.73 Å². The van der Waals surface area contributed by atoms with Gasteiger partial charge in [-0.3, -0.25) is 10.2 Å². The molecule has 0 aromatic heterocycles. The molecule has 0 radical (unpaired) electrons. The minimum atomic E-state index is -0.833. The number of carboxylic acids is 1. The molecule has 0 aromatic carbocycles. The first-order chi connectivity index (χ1) is 3.15. The molecular weight excluding hydrogens is 97.0 g/mol. The molecule has 0 saturated heterocycles. The van der Waals surface area contributed by atoms with Gasteiger partial charge in [-0.2, -0.15) is 0 Å². The second-order valence-corrected chi connectivity index (χ2v) is 0.686. The van der Waals surface area contributed by atoms with Crippen molar-refractivity contribution in [3.8, 4) is 0 Å². The number of nitrogens with two attached hydrogens (primary N) is 1. The number of nitrogens with one attached hydrogen (secondary N) is 1. The molecule has 42 valence electrons. The van der Waals surface area contributed by atoms with Crippen LogP contribution in [-0.4, -0.2) is 17.4 Å². The minimum absolute atomic E-state index is 0.750. The number of carboxylic acid groups (broad SMARTS) is 1. The van der Waals surface area contributed by atoms with Gasteiger partial charge >= 0.3 is 0 Å². The molecule has 4 N–H and O–H groups in total. The normalized spacial score (nSPS) is 5.29. The van der Waals surface area contributed by atoms with Crippen LogP contribution in [0.4, 0.5) is 0 Å². The Morgan fingerprint density at radius 1 is 2.00 bits per heavy atom. The van der Waals surface area contributed by atoms with Crippen molar-refractivity contribution in [3.63, 3.8) is 0 Å². The topological polar surface area (TPSA) is 87.2 Å². The van der Waals surface area contributed by atoms with Crippen LogP contribution in [0, 0.1) is 5.41 Å². The maximum Gasteiger partial charge on any atom is 0.300 e. The zero-order chi connectivity index (χ0) is 6.28. The number of aliphatic carboxylic acids is 1. The van der Waals surface area contributed by atoms with Crippen molar-refractivity contribution in [2.75, 3.05) is 0 Å². The standard InChI is InChI=1S/C2H4O2.CH4N2/c1-2(3)4;2-1-3/h1H3,(H,3,4);1H,(H3,2,3)/i;1+1. The average Bonchev–Trinajstić information content (AvgIpc) is 1.33. The van der Waals surface area contributed by atoms with Gasteiger partial charge in [-0.1, -0.05) is 0 Å². The number of hydrogen-bond acceptors (Lipinski definition) is 2. The molecule has 0 bridgehead atoms. The number of carbonyl (C=O) groups is 1. The lowest BCUT2D eigenvalue weighted by molar-refractivity contribution is -0.134. The van der Waals surface area contributed by atoms with Crippen LogP contribution < -0.4 is 5.73 Å². The molecule has 4 nitrogen and oxygen atoms in total. The predicted octanol–water partition coefficient (Wildman–Crippen LogP) is -0.357. The zero-order valence-corrected chi connectivity index (χ0v) is 4.01. The Kier molecular flexibility index (Phi) is 11.8. The summed E-state index contributed by atoms with van der Waals surface area (Å²) in [6, 6.07) is 0. The Morgan fingerprint density at radius 2 is 2.00 bits per heavy atom. The maximum atomic E-state index is 9.00. The van der Waals surface area contributed by atoms with Crippen molar-refractivity contribution in [1.82, 2.24) is 0 Å². The van der Waals surface area contributed by atoms with Gasteiger partial charge in [0.1, 0.15) is 0 Å². The van der Waals surface area contributed by atoms with Gasteiger partial charge in [-0.25, -0.2) is 0 Å². The Labute approximate surface area is 41.5 Å². The maximum absolute atomic E-state index is 9.00.